The van der Waals surface area contributed by atoms with E-state index < -0.39 is 0 Å². The topological polar surface area (TPSA) is 103 Å². The van der Waals surface area contributed by atoms with E-state index in [1.54, 1.807) is 24.5 Å². The number of anilines is 3. The van der Waals surface area contributed by atoms with Gasteiger partial charge in [0.15, 0.2) is 0 Å². The second-order valence-corrected chi connectivity index (χ2v) is 7.67. The molecule has 33 heavy (non-hydrogen) atoms. The van der Waals surface area contributed by atoms with Crippen molar-refractivity contribution in [2.24, 2.45) is 0 Å². The van der Waals surface area contributed by atoms with Gasteiger partial charge in [-0.1, -0.05) is 12.1 Å². The first-order valence-electron chi connectivity index (χ1n) is 10.9. The number of imidazole rings is 1. The van der Waals surface area contributed by atoms with Crippen LogP contribution in [0.4, 0.5) is 17.5 Å². The van der Waals surface area contributed by atoms with E-state index in [1.807, 2.05) is 16.7 Å². The van der Waals surface area contributed by atoms with Crippen LogP contribution < -0.4 is 15.5 Å². The summed E-state index contributed by atoms with van der Waals surface area (Å²) in [4.78, 5) is 15.9. The third-order valence-corrected chi connectivity index (χ3v) is 5.51. The average Bonchev–Trinajstić information content (AvgIpc) is 3.36. The number of morpholine rings is 1. The summed E-state index contributed by atoms with van der Waals surface area (Å²) < 4.78 is 7.42. The monoisotopic (exact) mass is 440 g/mol. The second kappa shape index (κ2) is 9.54. The minimum Gasteiger partial charge on any atom is -0.378 e. The van der Waals surface area contributed by atoms with Crippen LogP contribution in [0.1, 0.15) is 5.56 Å². The number of hydrogen-bond acceptors (Lipinski definition) is 8. The third kappa shape index (κ3) is 4.71. The van der Waals surface area contributed by atoms with Crippen molar-refractivity contribution in [2.75, 3.05) is 54.9 Å². The van der Waals surface area contributed by atoms with Gasteiger partial charge in [-0.15, -0.1) is 0 Å². The maximum atomic E-state index is 8.88. The lowest BCUT2D eigenvalue weighted by molar-refractivity contribution is 0.122. The molecule has 0 bridgehead atoms. The molecule has 166 valence electrons. The van der Waals surface area contributed by atoms with Gasteiger partial charge in [-0.05, 0) is 24.3 Å². The molecule has 0 amide bonds. The van der Waals surface area contributed by atoms with Crippen LogP contribution in [0, 0.1) is 11.3 Å². The molecule has 0 aliphatic carbocycles. The van der Waals surface area contributed by atoms with Crippen molar-refractivity contribution in [1.29, 1.82) is 5.26 Å². The number of fused-ring (bicyclic) bond motifs is 1. The van der Waals surface area contributed by atoms with Gasteiger partial charge in [0, 0.05) is 62.1 Å². The Balaban J connectivity index is 1.31. The Bertz CT molecular complexity index is 1270. The van der Waals surface area contributed by atoms with Crippen LogP contribution in [0.15, 0.2) is 61.1 Å². The van der Waals surface area contributed by atoms with Crippen LogP contribution in [0.3, 0.4) is 0 Å². The van der Waals surface area contributed by atoms with Crippen LogP contribution in [0.25, 0.3) is 16.9 Å². The van der Waals surface area contributed by atoms with Crippen molar-refractivity contribution >= 4 is 23.1 Å². The van der Waals surface area contributed by atoms with E-state index in [0.29, 0.717) is 18.7 Å². The first kappa shape index (κ1) is 20.7. The SMILES string of the molecule is N#Cc1ccc(NCCNc2nc(-c3cccc(N4CCOCC4)c3)cc3nccn23)nc1. The molecule has 1 fully saturated rings. The highest BCUT2D eigenvalue weighted by Gasteiger charge is 2.13. The zero-order chi connectivity index (χ0) is 22.5. The summed E-state index contributed by atoms with van der Waals surface area (Å²) in [6.07, 6.45) is 5.23. The summed E-state index contributed by atoms with van der Waals surface area (Å²) in [7, 11) is 0. The molecule has 1 aliphatic heterocycles. The van der Waals surface area contributed by atoms with Crippen LogP contribution >= 0.6 is 0 Å². The smallest absolute Gasteiger partial charge is 0.209 e. The van der Waals surface area contributed by atoms with E-state index in [4.69, 9.17) is 15.0 Å². The summed E-state index contributed by atoms with van der Waals surface area (Å²) >= 11 is 0. The van der Waals surface area contributed by atoms with Crippen molar-refractivity contribution in [2.45, 2.75) is 0 Å². The van der Waals surface area contributed by atoms with Crippen molar-refractivity contribution in [3.8, 4) is 17.3 Å². The highest BCUT2D eigenvalue weighted by molar-refractivity contribution is 5.70. The Morgan fingerprint density at radius 1 is 1.03 bits per heavy atom. The van der Waals surface area contributed by atoms with E-state index in [-0.39, 0.29) is 0 Å². The normalized spacial score (nSPS) is 13.6. The number of aromatic nitrogens is 4. The predicted molar refractivity (Wildman–Crippen MR) is 127 cm³/mol. The lowest BCUT2D eigenvalue weighted by Gasteiger charge is -2.29. The van der Waals surface area contributed by atoms with Crippen molar-refractivity contribution in [3.63, 3.8) is 0 Å². The highest BCUT2D eigenvalue weighted by atomic mass is 16.5. The first-order valence-corrected chi connectivity index (χ1v) is 10.9. The predicted octanol–water partition coefficient (Wildman–Crippen LogP) is 3.02. The van der Waals surface area contributed by atoms with Crippen LogP contribution in [-0.2, 0) is 4.74 Å². The number of nitrogens with one attached hydrogen (secondary N) is 2. The van der Waals surface area contributed by atoms with Crippen LogP contribution in [-0.4, -0.2) is 58.7 Å². The van der Waals surface area contributed by atoms with Gasteiger partial charge >= 0.3 is 0 Å². The molecular weight excluding hydrogens is 416 g/mol. The van der Waals surface area contributed by atoms with Crippen molar-refractivity contribution in [3.05, 3.63) is 66.6 Å². The summed E-state index contributed by atoms with van der Waals surface area (Å²) in [5.41, 5.74) is 4.47. The van der Waals surface area contributed by atoms with Gasteiger partial charge in [0.25, 0.3) is 0 Å². The summed E-state index contributed by atoms with van der Waals surface area (Å²) in [6, 6.07) is 16.1. The second-order valence-electron chi connectivity index (χ2n) is 7.67. The Hall–Kier alpha value is -4.16. The molecule has 0 spiro atoms. The molecule has 0 unspecified atom stereocenters. The van der Waals surface area contributed by atoms with Gasteiger partial charge < -0.3 is 20.3 Å². The molecule has 9 heteroatoms. The Kier molecular flexibility index (Phi) is 5.99. The molecule has 0 atom stereocenters. The minimum absolute atomic E-state index is 0.542. The quantitative estimate of drug-likeness (QED) is 0.423. The number of ether oxygens (including phenoxy) is 1. The number of hydrogen-bond donors (Lipinski definition) is 2. The van der Waals surface area contributed by atoms with Gasteiger partial charge in [0.2, 0.25) is 5.95 Å². The lowest BCUT2D eigenvalue weighted by Crippen LogP contribution is -2.36. The molecule has 1 saturated heterocycles. The molecule has 0 radical (unpaired) electrons. The Morgan fingerprint density at radius 2 is 1.91 bits per heavy atom. The molecule has 5 rings (SSSR count). The number of rotatable bonds is 7. The molecule has 0 saturated carbocycles. The molecule has 4 heterocycles. The molecule has 2 N–H and O–H groups in total. The Morgan fingerprint density at radius 3 is 2.73 bits per heavy atom. The zero-order valence-corrected chi connectivity index (χ0v) is 18.1. The number of nitrogens with zero attached hydrogens (tertiary/aromatic N) is 6. The fraction of sp³-hybridized carbons (Fsp3) is 0.250. The van der Waals surface area contributed by atoms with E-state index in [1.165, 1.54) is 5.69 Å². The lowest BCUT2D eigenvalue weighted by atomic mass is 10.1. The molecule has 4 aromatic rings. The fourth-order valence-corrected chi connectivity index (χ4v) is 3.81. The summed E-state index contributed by atoms with van der Waals surface area (Å²) in [5, 5.41) is 15.5. The molecule has 3 aromatic heterocycles. The van der Waals surface area contributed by atoms with E-state index in [0.717, 1.165) is 55.0 Å². The number of nitriles is 1. The zero-order valence-electron chi connectivity index (χ0n) is 18.1. The molecular formula is C24H24N8O. The number of pyridine rings is 1. The van der Waals surface area contributed by atoms with Gasteiger partial charge in [0.1, 0.15) is 17.5 Å². The summed E-state index contributed by atoms with van der Waals surface area (Å²) in [5.74, 6) is 1.46. The Labute approximate surface area is 191 Å². The minimum atomic E-state index is 0.542. The standard InChI is InChI=1S/C24H24N8O/c25-16-18-4-5-22(29-17-18)26-6-7-28-24-30-21(15-23-27-8-9-32(23)24)19-2-1-3-20(14-19)31-10-12-33-13-11-31/h1-5,8-9,14-15,17H,6-7,10-13H2,(H,26,29)(H,28,30). The maximum Gasteiger partial charge on any atom is 0.209 e. The van der Waals surface area contributed by atoms with E-state index in [2.05, 4.69) is 55.8 Å². The van der Waals surface area contributed by atoms with Gasteiger partial charge in [0.05, 0.1) is 24.5 Å². The van der Waals surface area contributed by atoms with Crippen molar-refractivity contribution in [1.82, 2.24) is 19.4 Å². The average molecular weight is 441 g/mol. The van der Waals surface area contributed by atoms with Crippen LogP contribution in [0.5, 0.6) is 0 Å². The van der Waals surface area contributed by atoms with E-state index >= 15 is 0 Å². The van der Waals surface area contributed by atoms with Gasteiger partial charge in [-0.25, -0.2) is 15.0 Å². The van der Waals surface area contributed by atoms with E-state index in [9.17, 15) is 0 Å². The number of benzene rings is 1. The molecule has 1 aliphatic rings. The fourth-order valence-electron chi connectivity index (χ4n) is 3.81. The highest BCUT2D eigenvalue weighted by Crippen LogP contribution is 2.26. The molecule has 1 aromatic carbocycles. The van der Waals surface area contributed by atoms with Crippen LogP contribution in [0.2, 0.25) is 0 Å². The van der Waals surface area contributed by atoms with Gasteiger partial charge in [-0.2, -0.15) is 5.26 Å². The third-order valence-electron chi connectivity index (χ3n) is 5.51. The summed E-state index contributed by atoms with van der Waals surface area (Å²) in [6.45, 7) is 4.58. The van der Waals surface area contributed by atoms with Crippen molar-refractivity contribution < 1.29 is 4.74 Å². The largest absolute Gasteiger partial charge is 0.378 e. The first-order chi connectivity index (χ1) is 16.3. The molecule has 9 nitrogen and oxygen atoms in total. The maximum absolute atomic E-state index is 8.88. The van der Waals surface area contributed by atoms with Gasteiger partial charge in [-0.3, -0.25) is 4.40 Å².